The smallest absolute Gasteiger partial charge is 0.222 e. The average Bonchev–Trinajstić information content (AvgIpc) is 3.00. The van der Waals surface area contributed by atoms with Gasteiger partial charge in [0.05, 0.1) is 28.9 Å². The normalized spacial score (nSPS) is 11.0. The number of rotatable bonds is 16. The minimum Gasteiger partial charge on any atom is -0.390 e. The van der Waals surface area contributed by atoms with Gasteiger partial charge < -0.3 is 26.4 Å². The fourth-order valence-corrected chi connectivity index (χ4v) is 5.21. The van der Waals surface area contributed by atoms with Gasteiger partial charge in [-0.25, -0.2) is 19.9 Å². The van der Waals surface area contributed by atoms with Crippen LogP contribution >= 0.6 is 0 Å². The van der Waals surface area contributed by atoms with Crippen LogP contribution in [-0.2, 0) is 45.4 Å². The van der Waals surface area contributed by atoms with Crippen LogP contribution in [0.25, 0.3) is 0 Å². The third kappa shape index (κ3) is 13.1. The van der Waals surface area contributed by atoms with Crippen LogP contribution in [0.1, 0.15) is 50.5 Å². The summed E-state index contributed by atoms with van der Waals surface area (Å²) in [4.78, 5) is 68.9. The van der Waals surface area contributed by atoms with Crippen LogP contribution in [0.2, 0.25) is 0 Å². The Morgan fingerprint density at radius 1 is 0.500 bits per heavy atom. The monoisotopic (exact) mass is 682 g/mol. The summed E-state index contributed by atoms with van der Waals surface area (Å²) in [7, 11) is 0. The van der Waals surface area contributed by atoms with Crippen molar-refractivity contribution in [2.75, 3.05) is 34.4 Å². The SMILES string of the molecule is CC(=O)Nc1cccc(CN(Cc2cccc(NC(C)=O)n2)CC(O)CN(Cc2cccc(NC(C)=O)n2)Cc2cccc(NC(C)=O)n2)n1. The Hall–Kier alpha value is -5.64. The van der Waals surface area contributed by atoms with Gasteiger partial charge in [-0.3, -0.25) is 29.0 Å². The largest absolute Gasteiger partial charge is 0.390 e. The van der Waals surface area contributed by atoms with Crippen LogP contribution in [0.3, 0.4) is 0 Å². The number of aliphatic hydroxyl groups is 1. The van der Waals surface area contributed by atoms with E-state index in [4.69, 9.17) is 0 Å². The lowest BCUT2D eigenvalue weighted by molar-refractivity contribution is -0.115. The Morgan fingerprint density at radius 3 is 0.960 bits per heavy atom. The van der Waals surface area contributed by atoms with E-state index in [9.17, 15) is 24.3 Å². The van der Waals surface area contributed by atoms with Gasteiger partial charge in [0.2, 0.25) is 23.6 Å². The van der Waals surface area contributed by atoms with E-state index in [0.717, 1.165) is 0 Å². The molecule has 0 saturated heterocycles. The molecule has 0 fully saturated rings. The van der Waals surface area contributed by atoms with Gasteiger partial charge in [0.15, 0.2) is 0 Å². The quantitative estimate of drug-likeness (QED) is 0.117. The number of anilines is 4. The molecule has 4 aromatic rings. The first-order valence-electron chi connectivity index (χ1n) is 16.0. The maximum absolute atomic E-state index is 11.7. The van der Waals surface area contributed by atoms with Gasteiger partial charge in [-0.05, 0) is 48.5 Å². The zero-order chi connectivity index (χ0) is 36.0. The summed E-state index contributed by atoms with van der Waals surface area (Å²) in [6, 6.07) is 21.3. The standard InChI is InChI=1S/C35H42N10O5/c1-23(46)36-32-13-5-9-27(40-32)17-44(18-28-10-6-14-33(41-28)37-24(2)47)21-31(50)22-45(19-29-11-7-15-34(42-29)38-25(3)48)20-30-12-8-16-35(43-30)39-26(4)49/h5-16,31,50H,17-22H2,1-4H3,(H,36,40,46)(H,37,41,47)(H,38,42,48)(H,39,43,49). The number of carbonyl (C=O) groups is 4. The number of pyridine rings is 4. The summed E-state index contributed by atoms with van der Waals surface area (Å²) < 4.78 is 0. The number of hydrogen-bond donors (Lipinski definition) is 5. The zero-order valence-electron chi connectivity index (χ0n) is 28.5. The highest BCUT2D eigenvalue weighted by Gasteiger charge is 2.20. The molecule has 0 unspecified atom stereocenters. The number of aliphatic hydroxyl groups excluding tert-OH is 1. The minimum atomic E-state index is -0.885. The molecule has 0 aromatic carbocycles. The van der Waals surface area contributed by atoms with Crippen molar-refractivity contribution >= 4 is 46.9 Å². The second-order valence-corrected chi connectivity index (χ2v) is 11.8. The molecule has 4 amide bonds. The van der Waals surface area contributed by atoms with E-state index in [0.29, 0.717) is 72.2 Å². The fraction of sp³-hybridized carbons (Fsp3) is 0.314. The highest BCUT2D eigenvalue weighted by Crippen LogP contribution is 2.16. The van der Waals surface area contributed by atoms with Gasteiger partial charge in [0.1, 0.15) is 23.3 Å². The molecule has 4 rings (SSSR count). The van der Waals surface area contributed by atoms with Crippen LogP contribution in [0.4, 0.5) is 23.3 Å². The molecule has 0 bridgehead atoms. The third-order valence-corrected chi connectivity index (χ3v) is 6.92. The number of amides is 4. The van der Waals surface area contributed by atoms with Crippen molar-refractivity contribution in [2.45, 2.75) is 60.0 Å². The number of nitrogens with one attached hydrogen (secondary N) is 4. The van der Waals surface area contributed by atoms with Gasteiger partial charge in [-0.2, -0.15) is 0 Å². The summed E-state index contributed by atoms with van der Waals surface area (Å²) in [5, 5.41) is 22.4. The van der Waals surface area contributed by atoms with E-state index in [1.807, 2.05) is 34.1 Å². The number of aromatic nitrogens is 4. The van der Waals surface area contributed by atoms with Gasteiger partial charge in [-0.15, -0.1) is 0 Å². The lowest BCUT2D eigenvalue weighted by Crippen LogP contribution is -2.40. The molecule has 5 N–H and O–H groups in total. The van der Waals surface area contributed by atoms with E-state index in [1.165, 1.54) is 27.7 Å². The molecule has 50 heavy (non-hydrogen) atoms. The fourth-order valence-electron chi connectivity index (χ4n) is 5.21. The predicted octanol–water partition coefficient (Wildman–Crippen LogP) is 3.17. The molecule has 0 saturated carbocycles. The van der Waals surface area contributed by atoms with Crippen molar-refractivity contribution < 1.29 is 24.3 Å². The van der Waals surface area contributed by atoms with E-state index in [2.05, 4.69) is 41.2 Å². The molecule has 262 valence electrons. The molecular weight excluding hydrogens is 640 g/mol. The third-order valence-electron chi connectivity index (χ3n) is 6.92. The lowest BCUT2D eigenvalue weighted by atomic mass is 10.2. The summed E-state index contributed by atoms with van der Waals surface area (Å²) in [5.41, 5.74) is 2.65. The van der Waals surface area contributed by atoms with Crippen molar-refractivity contribution in [1.29, 1.82) is 0 Å². The summed E-state index contributed by atoms with van der Waals surface area (Å²) in [6.45, 7) is 7.31. The van der Waals surface area contributed by atoms with Crippen LogP contribution < -0.4 is 21.3 Å². The van der Waals surface area contributed by atoms with Crippen LogP contribution in [0.15, 0.2) is 72.8 Å². The molecular formula is C35H42N10O5. The Morgan fingerprint density at radius 2 is 0.740 bits per heavy atom. The molecule has 0 atom stereocenters. The van der Waals surface area contributed by atoms with Crippen LogP contribution in [0, 0.1) is 0 Å². The maximum atomic E-state index is 11.7. The van der Waals surface area contributed by atoms with Crippen molar-refractivity contribution in [3.8, 4) is 0 Å². The first-order chi connectivity index (χ1) is 23.9. The zero-order valence-corrected chi connectivity index (χ0v) is 28.5. The minimum absolute atomic E-state index is 0.202. The van der Waals surface area contributed by atoms with E-state index >= 15 is 0 Å². The highest BCUT2D eigenvalue weighted by atomic mass is 16.3. The Bertz CT molecular complexity index is 1550. The van der Waals surface area contributed by atoms with Crippen LogP contribution in [0.5, 0.6) is 0 Å². The van der Waals surface area contributed by atoms with E-state index in [-0.39, 0.29) is 36.7 Å². The predicted molar refractivity (Wildman–Crippen MR) is 188 cm³/mol. The molecule has 4 heterocycles. The lowest BCUT2D eigenvalue weighted by Gasteiger charge is -2.29. The Kier molecular flexibility index (Phi) is 13.5. The average molecular weight is 683 g/mol. The first kappa shape index (κ1) is 37.2. The molecule has 15 heteroatoms. The van der Waals surface area contributed by atoms with E-state index < -0.39 is 6.10 Å². The molecule has 4 aromatic heterocycles. The highest BCUT2D eigenvalue weighted by molar-refractivity contribution is 5.88. The van der Waals surface area contributed by atoms with Crippen molar-refractivity contribution in [3.05, 3.63) is 95.6 Å². The molecule has 0 aliphatic rings. The molecule has 0 spiro atoms. The van der Waals surface area contributed by atoms with Crippen LogP contribution in [-0.4, -0.2) is 77.7 Å². The Balaban J connectivity index is 1.58. The first-order valence-corrected chi connectivity index (χ1v) is 16.0. The van der Waals surface area contributed by atoms with Crippen molar-refractivity contribution in [1.82, 2.24) is 29.7 Å². The van der Waals surface area contributed by atoms with Gasteiger partial charge in [0.25, 0.3) is 0 Å². The summed E-state index contributed by atoms with van der Waals surface area (Å²) in [5.74, 6) is 0.688. The molecule has 15 nitrogen and oxygen atoms in total. The second kappa shape index (κ2) is 18.2. The van der Waals surface area contributed by atoms with Crippen molar-refractivity contribution in [2.24, 2.45) is 0 Å². The molecule has 0 aliphatic carbocycles. The van der Waals surface area contributed by atoms with Gasteiger partial charge in [0, 0.05) is 67.0 Å². The summed E-state index contributed by atoms with van der Waals surface area (Å²) in [6.07, 6.45) is -0.885. The number of nitrogens with zero attached hydrogens (tertiary/aromatic N) is 6. The van der Waals surface area contributed by atoms with Gasteiger partial charge >= 0.3 is 0 Å². The second-order valence-electron chi connectivity index (χ2n) is 11.8. The molecule has 0 aliphatic heterocycles. The van der Waals surface area contributed by atoms with Gasteiger partial charge in [-0.1, -0.05) is 24.3 Å². The number of carbonyl (C=O) groups excluding carboxylic acids is 4. The maximum Gasteiger partial charge on any atom is 0.222 e. The molecule has 0 radical (unpaired) electrons. The van der Waals surface area contributed by atoms with Crippen molar-refractivity contribution in [3.63, 3.8) is 0 Å². The summed E-state index contributed by atoms with van der Waals surface area (Å²) >= 11 is 0. The Labute approximate surface area is 290 Å². The number of hydrogen-bond acceptors (Lipinski definition) is 11. The van der Waals surface area contributed by atoms with E-state index in [1.54, 1.807) is 48.5 Å². The topological polar surface area (TPSA) is 195 Å².